The Bertz CT molecular complexity index is 942. The first-order chi connectivity index (χ1) is 10.3. The lowest BCUT2D eigenvalue weighted by Gasteiger charge is -2.00. The molecule has 0 saturated heterocycles. The summed E-state index contributed by atoms with van der Waals surface area (Å²) in [5.74, 6) is -0.0325. The minimum atomic E-state index is -0.0325. The average Bonchev–Trinajstić information content (AvgIpc) is 2.97. The average molecular weight is 290 g/mol. The maximum absolute atomic E-state index is 12.6. The molecule has 0 amide bonds. The third-order valence-corrected chi connectivity index (χ3v) is 4.49. The number of carbonyl (C=O) groups excluding carboxylic acids is 1. The van der Waals surface area contributed by atoms with Gasteiger partial charge in [0, 0.05) is 22.5 Å². The van der Waals surface area contributed by atoms with Crippen LogP contribution in [0.3, 0.4) is 0 Å². The van der Waals surface area contributed by atoms with Crippen molar-refractivity contribution in [3.05, 3.63) is 71.5 Å². The zero-order chi connectivity index (χ0) is 14.2. The standard InChI is InChI=1S/C17H10N2OS/c20-17(16-9-11-3-1-2-4-15(11)21-16)14-6-5-12-10-18-8-7-13(12)19-14/h1-10H. The van der Waals surface area contributed by atoms with Gasteiger partial charge in [-0.05, 0) is 35.7 Å². The number of ketones is 1. The summed E-state index contributed by atoms with van der Waals surface area (Å²) in [5.41, 5.74) is 1.26. The third-order valence-electron chi connectivity index (χ3n) is 3.37. The van der Waals surface area contributed by atoms with Gasteiger partial charge in [0.15, 0.2) is 0 Å². The zero-order valence-corrected chi connectivity index (χ0v) is 11.8. The van der Waals surface area contributed by atoms with E-state index in [1.165, 1.54) is 11.3 Å². The number of carbonyl (C=O) groups is 1. The van der Waals surface area contributed by atoms with Crippen molar-refractivity contribution in [2.75, 3.05) is 0 Å². The zero-order valence-electron chi connectivity index (χ0n) is 11.0. The number of aromatic nitrogens is 2. The Morgan fingerprint density at radius 1 is 1.00 bits per heavy atom. The van der Waals surface area contributed by atoms with E-state index in [-0.39, 0.29) is 5.78 Å². The predicted octanol–water partition coefficient (Wildman–Crippen LogP) is 4.08. The van der Waals surface area contributed by atoms with E-state index in [2.05, 4.69) is 9.97 Å². The summed E-state index contributed by atoms with van der Waals surface area (Å²) in [6.07, 6.45) is 3.43. The van der Waals surface area contributed by atoms with E-state index in [4.69, 9.17) is 0 Å². The Kier molecular flexibility index (Phi) is 2.75. The van der Waals surface area contributed by atoms with Gasteiger partial charge in [0.2, 0.25) is 5.78 Å². The lowest BCUT2D eigenvalue weighted by atomic mass is 10.1. The maximum Gasteiger partial charge on any atom is 0.221 e. The fourth-order valence-corrected chi connectivity index (χ4v) is 3.32. The summed E-state index contributed by atoms with van der Waals surface area (Å²) in [6.45, 7) is 0. The number of rotatable bonds is 2. The minimum absolute atomic E-state index is 0.0325. The van der Waals surface area contributed by atoms with Crippen LogP contribution in [0.4, 0.5) is 0 Å². The monoisotopic (exact) mass is 290 g/mol. The molecular weight excluding hydrogens is 280 g/mol. The molecule has 1 aromatic carbocycles. The molecule has 0 N–H and O–H groups in total. The van der Waals surface area contributed by atoms with Gasteiger partial charge in [-0.3, -0.25) is 9.78 Å². The Hall–Kier alpha value is -2.59. The summed E-state index contributed by atoms with van der Waals surface area (Å²) in [5, 5.41) is 2.03. The summed E-state index contributed by atoms with van der Waals surface area (Å²) in [7, 11) is 0. The van der Waals surface area contributed by atoms with Gasteiger partial charge < -0.3 is 0 Å². The van der Waals surface area contributed by atoms with Crippen LogP contribution >= 0.6 is 11.3 Å². The first kappa shape index (κ1) is 12.2. The number of fused-ring (bicyclic) bond motifs is 2. The molecule has 0 aliphatic rings. The summed E-state index contributed by atoms with van der Waals surface area (Å²) < 4.78 is 1.12. The molecule has 0 atom stereocenters. The van der Waals surface area contributed by atoms with Gasteiger partial charge in [0.1, 0.15) is 5.69 Å². The number of benzene rings is 1. The first-order valence-corrected chi connectivity index (χ1v) is 7.37. The number of nitrogens with zero attached hydrogens (tertiary/aromatic N) is 2. The Balaban J connectivity index is 1.81. The molecule has 4 aromatic rings. The molecule has 100 valence electrons. The maximum atomic E-state index is 12.6. The molecular formula is C17H10N2OS. The lowest BCUT2D eigenvalue weighted by Crippen LogP contribution is -2.01. The van der Waals surface area contributed by atoms with Crippen molar-refractivity contribution < 1.29 is 4.79 Å². The SMILES string of the molecule is O=C(c1ccc2cnccc2n1)c1cc2ccccc2s1. The highest BCUT2D eigenvalue weighted by Gasteiger charge is 2.14. The molecule has 0 radical (unpaired) electrons. The van der Waals surface area contributed by atoms with Gasteiger partial charge in [-0.1, -0.05) is 18.2 Å². The highest BCUT2D eigenvalue weighted by Crippen LogP contribution is 2.27. The summed E-state index contributed by atoms with van der Waals surface area (Å²) in [4.78, 5) is 21.8. The second kappa shape index (κ2) is 4.75. The normalized spacial score (nSPS) is 11.0. The van der Waals surface area contributed by atoms with Gasteiger partial charge >= 0.3 is 0 Å². The van der Waals surface area contributed by atoms with E-state index in [1.807, 2.05) is 42.5 Å². The van der Waals surface area contributed by atoms with E-state index < -0.39 is 0 Å². The van der Waals surface area contributed by atoms with Crippen molar-refractivity contribution in [3.8, 4) is 0 Å². The van der Waals surface area contributed by atoms with Crippen LogP contribution in [0.25, 0.3) is 21.0 Å². The number of pyridine rings is 2. The van der Waals surface area contributed by atoms with Gasteiger partial charge in [0.05, 0.1) is 10.4 Å². The first-order valence-electron chi connectivity index (χ1n) is 6.55. The summed E-state index contributed by atoms with van der Waals surface area (Å²) in [6, 6.07) is 15.4. The molecule has 4 rings (SSSR count). The molecule has 0 spiro atoms. The van der Waals surface area contributed by atoms with E-state index >= 15 is 0 Å². The van der Waals surface area contributed by atoms with Crippen molar-refractivity contribution in [1.29, 1.82) is 0 Å². The third kappa shape index (κ3) is 2.10. The summed E-state index contributed by atoms with van der Waals surface area (Å²) >= 11 is 1.50. The Labute approximate surface area is 124 Å². The highest BCUT2D eigenvalue weighted by molar-refractivity contribution is 7.21. The molecule has 3 aromatic heterocycles. The van der Waals surface area contributed by atoms with Crippen molar-refractivity contribution in [3.63, 3.8) is 0 Å². The molecule has 4 heteroatoms. The molecule has 0 saturated carbocycles. The quantitative estimate of drug-likeness (QED) is 0.522. The van der Waals surface area contributed by atoms with Crippen LogP contribution in [0, 0.1) is 0 Å². The Morgan fingerprint density at radius 2 is 1.90 bits per heavy atom. The minimum Gasteiger partial charge on any atom is -0.286 e. The predicted molar refractivity (Wildman–Crippen MR) is 84.8 cm³/mol. The van der Waals surface area contributed by atoms with Gasteiger partial charge in [-0.2, -0.15) is 0 Å². The Morgan fingerprint density at radius 3 is 2.81 bits per heavy atom. The van der Waals surface area contributed by atoms with Gasteiger partial charge in [-0.25, -0.2) is 4.98 Å². The van der Waals surface area contributed by atoms with Crippen molar-refractivity contribution in [2.45, 2.75) is 0 Å². The molecule has 3 nitrogen and oxygen atoms in total. The van der Waals surface area contributed by atoms with E-state index in [0.717, 1.165) is 25.9 Å². The highest BCUT2D eigenvalue weighted by atomic mass is 32.1. The van der Waals surface area contributed by atoms with Crippen LogP contribution in [0.2, 0.25) is 0 Å². The molecule has 0 fully saturated rings. The molecule has 0 aliphatic heterocycles. The topological polar surface area (TPSA) is 42.9 Å². The van der Waals surface area contributed by atoms with Crippen LogP contribution in [0.5, 0.6) is 0 Å². The van der Waals surface area contributed by atoms with Crippen LogP contribution < -0.4 is 0 Å². The van der Waals surface area contributed by atoms with Crippen LogP contribution in [-0.4, -0.2) is 15.8 Å². The number of hydrogen-bond donors (Lipinski definition) is 0. The molecule has 0 unspecified atom stereocenters. The second-order valence-corrected chi connectivity index (χ2v) is 5.83. The van der Waals surface area contributed by atoms with Crippen LogP contribution in [-0.2, 0) is 0 Å². The van der Waals surface area contributed by atoms with Crippen molar-refractivity contribution in [2.24, 2.45) is 0 Å². The van der Waals surface area contributed by atoms with Crippen LogP contribution in [0.1, 0.15) is 15.4 Å². The number of thiophene rings is 1. The molecule has 0 aliphatic carbocycles. The van der Waals surface area contributed by atoms with E-state index in [9.17, 15) is 4.79 Å². The van der Waals surface area contributed by atoms with Crippen LogP contribution in [0.15, 0.2) is 60.9 Å². The molecule has 0 bridgehead atoms. The fourth-order valence-electron chi connectivity index (χ4n) is 2.31. The largest absolute Gasteiger partial charge is 0.286 e. The van der Waals surface area contributed by atoms with Gasteiger partial charge in [0.25, 0.3) is 0 Å². The van der Waals surface area contributed by atoms with Crippen molar-refractivity contribution in [1.82, 2.24) is 9.97 Å². The fraction of sp³-hybridized carbons (Fsp3) is 0. The number of hydrogen-bond acceptors (Lipinski definition) is 4. The van der Waals surface area contributed by atoms with E-state index in [1.54, 1.807) is 18.5 Å². The molecule has 21 heavy (non-hydrogen) atoms. The molecule has 3 heterocycles. The lowest BCUT2D eigenvalue weighted by molar-refractivity contribution is 0.103. The van der Waals surface area contributed by atoms with Crippen molar-refractivity contribution >= 4 is 38.1 Å². The smallest absolute Gasteiger partial charge is 0.221 e. The van der Waals surface area contributed by atoms with Gasteiger partial charge in [-0.15, -0.1) is 11.3 Å². The van der Waals surface area contributed by atoms with E-state index in [0.29, 0.717) is 5.69 Å². The second-order valence-electron chi connectivity index (χ2n) is 4.74.